The summed E-state index contributed by atoms with van der Waals surface area (Å²) >= 11 is 1.70. The highest BCUT2D eigenvalue weighted by Gasteiger charge is 2.34. The van der Waals surface area contributed by atoms with Crippen LogP contribution in [0.25, 0.3) is 0 Å². The third kappa shape index (κ3) is 5.41. The van der Waals surface area contributed by atoms with Gasteiger partial charge in [0.15, 0.2) is 0 Å². The van der Waals surface area contributed by atoms with Crippen molar-refractivity contribution in [2.75, 3.05) is 26.7 Å². The number of methoxy groups -OCH3 is 1. The number of ether oxygens (including phenoxy) is 1. The van der Waals surface area contributed by atoms with Gasteiger partial charge in [-0.05, 0) is 59.7 Å². The van der Waals surface area contributed by atoms with E-state index in [1.165, 1.54) is 29.1 Å². The monoisotopic (exact) mass is 507 g/mol. The molecule has 0 fully saturated rings. The molecule has 2 amide bonds. The molecule has 3 aromatic rings. The summed E-state index contributed by atoms with van der Waals surface area (Å²) in [5.74, 6) is 0.317. The van der Waals surface area contributed by atoms with Crippen LogP contribution < -0.4 is 4.74 Å². The number of nitro groups is 1. The zero-order chi connectivity index (χ0) is 25.7. The normalized spacial score (nSPS) is 14.7. The molecule has 0 saturated carbocycles. The van der Waals surface area contributed by atoms with E-state index in [0.29, 0.717) is 18.7 Å². The first-order valence-electron chi connectivity index (χ1n) is 12.0. The Kier molecular flexibility index (Phi) is 8.00. The van der Waals surface area contributed by atoms with E-state index in [9.17, 15) is 19.7 Å². The molecule has 1 aliphatic rings. The summed E-state index contributed by atoms with van der Waals surface area (Å²) in [6.45, 7) is 2.97. The van der Waals surface area contributed by atoms with E-state index in [2.05, 4.69) is 11.4 Å². The van der Waals surface area contributed by atoms with E-state index in [1.54, 1.807) is 23.3 Å². The molecule has 0 aliphatic carbocycles. The lowest BCUT2D eigenvalue weighted by Gasteiger charge is -2.37. The Morgan fingerprint density at radius 1 is 1.14 bits per heavy atom. The lowest BCUT2D eigenvalue weighted by atomic mass is 9.93. The average Bonchev–Trinajstić information content (AvgIpc) is 3.39. The molecule has 8 nitrogen and oxygen atoms in total. The van der Waals surface area contributed by atoms with Gasteiger partial charge in [-0.3, -0.25) is 19.7 Å². The van der Waals surface area contributed by atoms with Crippen LogP contribution in [0.4, 0.5) is 5.69 Å². The number of carbonyl (C=O) groups excluding carboxylic acids is 2. The van der Waals surface area contributed by atoms with Gasteiger partial charge in [0, 0.05) is 35.7 Å². The maximum Gasteiger partial charge on any atom is 0.269 e. The lowest BCUT2D eigenvalue weighted by Crippen LogP contribution is -2.47. The number of fused-ring (bicyclic) bond motifs is 1. The van der Waals surface area contributed by atoms with Gasteiger partial charge in [-0.15, -0.1) is 11.3 Å². The van der Waals surface area contributed by atoms with Crippen LogP contribution in [0.2, 0.25) is 0 Å². The fourth-order valence-electron chi connectivity index (χ4n) is 4.49. The Hall–Kier alpha value is -3.72. The molecule has 0 radical (unpaired) electrons. The predicted molar refractivity (Wildman–Crippen MR) is 138 cm³/mol. The van der Waals surface area contributed by atoms with Gasteiger partial charge in [-0.2, -0.15) is 0 Å². The average molecular weight is 508 g/mol. The lowest BCUT2D eigenvalue weighted by molar-refractivity contribution is -0.384. The van der Waals surface area contributed by atoms with Crippen LogP contribution in [0.5, 0.6) is 5.75 Å². The molecule has 1 aromatic heterocycles. The smallest absolute Gasteiger partial charge is 0.269 e. The fourth-order valence-corrected chi connectivity index (χ4v) is 5.40. The minimum atomic E-state index is -0.499. The second-order valence-electron chi connectivity index (χ2n) is 8.70. The molecule has 9 heteroatoms. The van der Waals surface area contributed by atoms with Crippen molar-refractivity contribution in [1.29, 1.82) is 0 Å². The van der Waals surface area contributed by atoms with Crippen LogP contribution in [0, 0.1) is 10.1 Å². The van der Waals surface area contributed by atoms with Crippen LogP contribution in [0.15, 0.2) is 60.0 Å². The van der Waals surface area contributed by atoms with Gasteiger partial charge in [-0.25, -0.2) is 0 Å². The van der Waals surface area contributed by atoms with Crippen molar-refractivity contribution in [3.05, 3.63) is 91.7 Å². The zero-order valence-electron chi connectivity index (χ0n) is 20.4. The molecular formula is C27H29N3O5S. The molecule has 0 spiro atoms. The summed E-state index contributed by atoms with van der Waals surface area (Å²) in [4.78, 5) is 42.2. The fraction of sp³-hybridized carbons (Fsp3) is 0.333. The van der Waals surface area contributed by atoms with Crippen molar-refractivity contribution >= 4 is 28.8 Å². The number of thiophene rings is 1. The Morgan fingerprint density at radius 3 is 2.50 bits per heavy atom. The van der Waals surface area contributed by atoms with Gasteiger partial charge in [-0.1, -0.05) is 25.5 Å². The quantitative estimate of drug-likeness (QED) is 0.297. The molecule has 0 bridgehead atoms. The maximum absolute atomic E-state index is 13.7. The highest BCUT2D eigenvalue weighted by atomic mass is 32.1. The summed E-state index contributed by atoms with van der Waals surface area (Å²) in [7, 11) is 1.62. The molecule has 2 aromatic carbocycles. The molecule has 188 valence electrons. The number of hydrogen-bond donors (Lipinski definition) is 0. The van der Waals surface area contributed by atoms with Crippen LogP contribution in [-0.2, 0) is 11.2 Å². The van der Waals surface area contributed by atoms with Gasteiger partial charge in [0.05, 0.1) is 18.1 Å². The number of amides is 2. The first-order valence-corrected chi connectivity index (χ1v) is 12.8. The summed E-state index contributed by atoms with van der Waals surface area (Å²) < 4.78 is 5.30. The van der Waals surface area contributed by atoms with Crippen molar-refractivity contribution in [3.8, 4) is 5.75 Å². The Balaban J connectivity index is 1.59. The van der Waals surface area contributed by atoms with Crippen molar-refractivity contribution in [2.24, 2.45) is 0 Å². The molecular weight excluding hydrogens is 478 g/mol. The summed E-state index contributed by atoms with van der Waals surface area (Å²) in [5, 5.41) is 13.0. The Labute approximate surface area is 214 Å². The van der Waals surface area contributed by atoms with Crippen LogP contribution >= 0.6 is 11.3 Å². The molecule has 1 atom stereocenters. The zero-order valence-corrected chi connectivity index (χ0v) is 21.2. The van der Waals surface area contributed by atoms with Gasteiger partial charge in [0.1, 0.15) is 12.3 Å². The van der Waals surface area contributed by atoms with E-state index < -0.39 is 4.92 Å². The molecule has 0 N–H and O–H groups in total. The van der Waals surface area contributed by atoms with Crippen molar-refractivity contribution < 1.29 is 19.2 Å². The number of non-ortho nitro benzene ring substituents is 1. The minimum Gasteiger partial charge on any atom is -0.497 e. The SMILES string of the molecule is CCCCN(CC(=O)N1CCc2sccc2C1c1ccc(OC)cc1)C(=O)c1ccc([N+](=O)[O-])cc1. The van der Waals surface area contributed by atoms with Gasteiger partial charge in [0.25, 0.3) is 11.6 Å². The number of benzene rings is 2. The molecule has 1 unspecified atom stereocenters. The summed E-state index contributed by atoms with van der Waals surface area (Å²) in [5.41, 5.74) is 2.36. The van der Waals surface area contributed by atoms with E-state index in [0.717, 1.165) is 36.1 Å². The number of nitro benzene ring substituents is 1. The minimum absolute atomic E-state index is 0.0536. The van der Waals surface area contributed by atoms with Gasteiger partial charge in [0.2, 0.25) is 5.91 Å². The maximum atomic E-state index is 13.7. The van der Waals surface area contributed by atoms with E-state index >= 15 is 0 Å². The second-order valence-corrected chi connectivity index (χ2v) is 9.70. The standard InChI is InChI=1S/C27H29N3O5S/c1-3-4-15-28(27(32)20-5-9-21(10-6-20)30(33)34)18-25(31)29-16-13-24-23(14-17-36-24)26(29)19-7-11-22(35-2)12-8-19/h5-12,14,17,26H,3-4,13,15-16,18H2,1-2H3. The molecule has 0 saturated heterocycles. The Morgan fingerprint density at radius 2 is 1.86 bits per heavy atom. The van der Waals surface area contributed by atoms with Crippen molar-refractivity contribution in [2.45, 2.75) is 32.2 Å². The third-order valence-corrected chi connectivity index (χ3v) is 7.43. The molecule has 4 rings (SSSR count). The summed E-state index contributed by atoms with van der Waals surface area (Å²) in [6, 6.07) is 15.1. The molecule has 2 heterocycles. The van der Waals surface area contributed by atoms with E-state index in [1.807, 2.05) is 36.1 Å². The van der Waals surface area contributed by atoms with E-state index in [-0.39, 0.29) is 30.1 Å². The van der Waals surface area contributed by atoms with Crippen LogP contribution in [0.1, 0.15) is 52.2 Å². The first-order chi connectivity index (χ1) is 17.4. The van der Waals surface area contributed by atoms with Crippen LogP contribution in [-0.4, -0.2) is 53.3 Å². The number of rotatable bonds is 9. The predicted octanol–water partition coefficient (Wildman–Crippen LogP) is 5.08. The van der Waals surface area contributed by atoms with E-state index in [4.69, 9.17) is 4.74 Å². The van der Waals surface area contributed by atoms with Gasteiger partial charge < -0.3 is 14.5 Å². The highest BCUT2D eigenvalue weighted by molar-refractivity contribution is 7.10. The number of nitrogens with zero attached hydrogens (tertiary/aromatic N) is 3. The van der Waals surface area contributed by atoms with Crippen molar-refractivity contribution in [3.63, 3.8) is 0 Å². The molecule has 36 heavy (non-hydrogen) atoms. The number of unbranched alkanes of at least 4 members (excludes halogenated alkanes) is 1. The first kappa shape index (κ1) is 25.4. The van der Waals surface area contributed by atoms with Gasteiger partial charge >= 0.3 is 0 Å². The number of hydrogen-bond acceptors (Lipinski definition) is 6. The second kappa shape index (κ2) is 11.3. The van der Waals surface area contributed by atoms with Crippen molar-refractivity contribution in [1.82, 2.24) is 9.80 Å². The highest BCUT2D eigenvalue weighted by Crippen LogP contribution is 2.38. The number of carbonyl (C=O) groups is 2. The Bertz CT molecular complexity index is 1220. The summed E-state index contributed by atoms with van der Waals surface area (Å²) in [6.07, 6.45) is 2.40. The third-order valence-electron chi connectivity index (χ3n) is 6.44. The molecule has 1 aliphatic heterocycles. The largest absolute Gasteiger partial charge is 0.497 e. The topological polar surface area (TPSA) is 93.0 Å². The van der Waals surface area contributed by atoms with Crippen LogP contribution in [0.3, 0.4) is 0 Å².